The molecule has 50 heavy (non-hydrogen) atoms. The SMILES string of the molecule is CC(C)[C@H](NC(=O)CCCCCNC(=O)CN1CC=CC1=O)C(=O)N[C@@H](CCCNC(N)=O)C(=O)Nc1ccc(COC(=O)C(C)(C)C)cc1. The molecule has 0 spiro atoms. The molecule has 1 aromatic carbocycles. The average molecular weight is 700 g/mol. The third-order valence-corrected chi connectivity index (χ3v) is 7.71. The molecular weight excluding hydrogens is 646 g/mol. The smallest absolute Gasteiger partial charge is 0.312 e. The number of amides is 7. The summed E-state index contributed by atoms with van der Waals surface area (Å²) in [6.07, 6.45) is 5.69. The van der Waals surface area contributed by atoms with Crippen molar-refractivity contribution in [2.24, 2.45) is 17.1 Å². The molecule has 0 saturated carbocycles. The van der Waals surface area contributed by atoms with Gasteiger partial charge in [0, 0.05) is 37.8 Å². The zero-order valence-electron chi connectivity index (χ0n) is 29.8. The van der Waals surface area contributed by atoms with E-state index in [2.05, 4.69) is 26.6 Å². The van der Waals surface area contributed by atoms with Gasteiger partial charge in [-0.25, -0.2) is 4.79 Å². The van der Waals surface area contributed by atoms with Crippen LogP contribution in [0.4, 0.5) is 10.5 Å². The number of carbonyl (C=O) groups excluding carboxylic acids is 7. The first-order valence-electron chi connectivity index (χ1n) is 17.0. The van der Waals surface area contributed by atoms with E-state index in [4.69, 9.17) is 10.5 Å². The number of esters is 1. The van der Waals surface area contributed by atoms with Crippen LogP contribution < -0.4 is 32.3 Å². The predicted octanol–water partition coefficient (Wildman–Crippen LogP) is 1.86. The highest BCUT2D eigenvalue weighted by Crippen LogP contribution is 2.18. The lowest BCUT2D eigenvalue weighted by atomic mass is 9.97. The zero-order valence-corrected chi connectivity index (χ0v) is 29.8. The summed E-state index contributed by atoms with van der Waals surface area (Å²) in [5.74, 6) is -2.38. The number of rotatable bonds is 20. The Morgan fingerprint density at radius 2 is 1.56 bits per heavy atom. The summed E-state index contributed by atoms with van der Waals surface area (Å²) in [6, 6.07) is 4.15. The monoisotopic (exact) mass is 699 g/mol. The van der Waals surface area contributed by atoms with Gasteiger partial charge in [-0.05, 0) is 70.1 Å². The summed E-state index contributed by atoms with van der Waals surface area (Å²) in [7, 11) is 0. The highest BCUT2D eigenvalue weighted by atomic mass is 16.5. The van der Waals surface area contributed by atoms with E-state index in [0.29, 0.717) is 44.5 Å². The van der Waals surface area contributed by atoms with Crippen LogP contribution in [0.2, 0.25) is 0 Å². The van der Waals surface area contributed by atoms with Crippen LogP contribution in [-0.4, -0.2) is 84.7 Å². The third kappa shape index (κ3) is 15.5. The molecule has 0 fully saturated rings. The number of carbonyl (C=O) groups is 7. The standard InChI is InChI=1S/C35H53N7O8/c1-23(2)30(41-27(43)12-7-6-8-18-37-28(44)21-42-20-10-13-29(42)45)32(47)40-26(11-9-19-38-34(36)49)31(46)39-25-16-14-24(15-17-25)22-50-33(48)35(3,4)5/h10,13-17,23,26,30H,6-9,11-12,18-22H2,1-5H3,(H,37,44)(H,39,46)(H,40,47)(H,41,43)(H3,36,38,49)/t26-,30-/m0/s1. The predicted molar refractivity (Wildman–Crippen MR) is 187 cm³/mol. The lowest BCUT2D eigenvalue weighted by molar-refractivity contribution is -0.154. The molecule has 15 heteroatoms. The van der Waals surface area contributed by atoms with E-state index in [1.54, 1.807) is 65.0 Å². The minimum atomic E-state index is -0.988. The summed E-state index contributed by atoms with van der Waals surface area (Å²) in [6.45, 7) is 9.98. The van der Waals surface area contributed by atoms with Crippen LogP contribution in [0.1, 0.15) is 78.7 Å². The Bertz CT molecular complexity index is 1370. The molecule has 0 aliphatic carbocycles. The fraction of sp³-hybridized carbons (Fsp3) is 0.571. The number of benzene rings is 1. The van der Waals surface area contributed by atoms with Crippen molar-refractivity contribution in [2.45, 2.75) is 91.8 Å². The topological polar surface area (TPSA) is 218 Å². The van der Waals surface area contributed by atoms with Crippen LogP contribution in [0, 0.1) is 11.3 Å². The molecule has 276 valence electrons. The van der Waals surface area contributed by atoms with Gasteiger partial charge in [0.1, 0.15) is 25.2 Å². The Balaban J connectivity index is 1.88. The van der Waals surface area contributed by atoms with Crippen molar-refractivity contribution < 1.29 is 38.3 Å². The summed E-state index contributed by atoms with van der Waals surface area (Å²) in [4.78, 5) is 87.7. The fourth-order valence-electron chi connectivity index (χ4n) is 4.77. The molecule has 1 heterocycles. The summed E-state index contributed by atoms with van der Waals surface area (Å²) < 4.78 is 5.33. The Morgan fingerprint density at radius 1 is 0.880 bits per heavy atom. The third-order valence-electron chi connectivity index (χ3n) is 7.71. The molecule has 15 nitrogen and oxygen atoms in total. The van der Waals surface area contributed by atoms with Crippen molar-refractivity contribution in [1.82, 2.24) is 26.2 Å². The van der Waals surface area contributed by atoms with Crippen LogP contribution in [0.25, 0.3) is 0 Å². The zero-order chi connectivity index (χ0) is 37.3. The van der Waals surface area contributed by atoms with Gasteiger partial charge in [0.25, 0.3) is 0 Å². The number of hydrogen-bond acceptors (Lipinski definition) is 8. The maximum atomic E-state index is 13.4. The summed E-state index contributed by atoms with van der Waals surface area (Å²) in [5, 5.41) is 13.6. The molecule has 0 unspecified atom stereocenters. The molecule has 0 aromatic heterocycles. The van der Waals surface area contributed by atoms with Gasteiger partial charge in [-0.1, -0.05) is 38.5 Å². The van der Waals surface area contributed by atoms with E-state index in [1.807, 2.05) is 0 Å². The Kier molecular flexibility index (Phi) is 16.9. The molecule has 2 atom stereocenters. The van der Waals surface area contributed by atoms with E-state index in [1.165, 1.54) is 11.0 Å². The Hall–Kier alpha value is -4.95. The van der Waals surface area contributed by atoms with Gasteiger partial charge in [0.2, 0.25) is 29.5 Å². The van der Waals surface area contributed by atoms with Crippen molar-refractivity contribution in [2.75, 3.05) is 31.5 Å². The molecule has 7 amide bonds. The molecule has 2 rings (SSSR count). The first-order valence-corrected chi connectivity index (χ1v) is 17.0. The highest BCUT2D eigenvalue weighted by molar-refractivity contribution is 5.98. The maximum absolute atomic E-state index is 13.4. The number of nitrogens with zero attached hydrogens (tertiary/aromatic N) is 1. The van der Waals surface area contributed by atoms with Crippen molar-refractivity contribution in [3.63, 3.8) is 0 Å². The van der Waals surface area contributed by atoms with E-state index in [-0.39, 0.29) is 62.1 Å². The first-order chi connectivity index (χ1) is 23.6. The second-order valence-electron chi connectivity index (χ2n) is 13.6. The Labute approximate surface area is 293 Å². The lowest BCUT2D eigenvalue weighted by Gasteiger charge is -2.25. The molecular formula is C35H53N7O8. The van der Waals surface area contributed by atoms with E-state index in [0.717, 1.165) is 5.56 Å². The van der Waals surface area contributed by atoms with Crippen LogP contribution in [0.15, 0.2) is 36.4 Å². The van der Waals surface area contributed by atoms with Crippen molar-refractivity contribution >= 4 is 47.2 Å². The minimum absolute atomic E-state index is 0.00464. The van der Waals surface area contributed by atoms with Crippen LogP contribution in [0.5, 0.6) is 0 Å². The summed E-state index contributed by atoms with van der Waals surface area (Å²) >= 11 is 0. The van der Waals surface area contributed by atoms with E-state index < -0.39 is 35.3 Å². The first kappa shape index (κ1) is 41.2. The molecule has 0 bridgehead atoms. The van der Waals surface area contributed by atoms with Crippen LogP contribution in [0.3, 0.4) is 0 Å². The van der Waals surface area contributed by atoms with Crippen molar-refractivity contribution in [3.05, 3.63) is 42.0 Å². The minimum Gasteiger partial charge on any atom is -0.460 e. The van der Waals surface area contributed by atoms with Gasteiger partial charge in [0.05, 0.1) is 5.41 Å². The largest absolute Gasteiger partial charge is 0.460 e. The van der Waals surface area contributed by atoms with Gasteiger partial charge >= 0.3 is 12.0 Å². The van der Waals surface area contributed by atoms with Gasteiger partial charge in [-0.15, -0.1) is 0 Å². The molecule has 0 saturated heterocycles. The van der Waals surface area contributed by atoms with E-state index in [9.17, 15) is 33.6 Å². The fourth-order valence-corrected chi connectivity index (χ4v) is 4.77. The van der Waals surface area contributed by atoms with Crippen LogP contribution in [-0.2, 0) is 40.1 Å². The number of unbranched alkanes of at least 4 members (excludes halogenated alkanes) is 2. The second-order valence-corrected chi connectivity index (χ2v) is 13.6. The van der Waals surface area contributed by atoms with Gasteiger partial charge < -0.3 is 42.0 Å². The number of anilines is 1. The quantitative estimate of drug-likeness (QED) is 0.0870. The molecule has 1 aliphatic heterocycles. The summed E-state index contributed by atoms with van der Waals surface area (Å²) in [5.41, 5.74) is 5.71. The molecule has 0 radical (unpaired) electrons. The van der Waals surface area contributed by atoms with Gasteiger partial charge in [0.15, 0.2) is 0 Å². The number of primary amides is 1. The Morgan fingerprint density at radius 3 is 2.16 bits per heavy atom. The number of hydrogen-bond donors (Lipinski definition) is 6. The highest BCUT2D eigenvalue weighted by Gasteiger charge is 2.29. The normalized spacial score (nSPS) is 13.7. The van der Waals surface area contributed by atoms with Gasteiger partial charge in [-0.3, -0.25) is 28.8 Å². The molecule has 1 aromatic rings. The van der Waals surface area contributed by atoms with Crippen molar-refractivity contribution in [3.8, 4) is 0 Å². The van der Waals surface area contributed by atoms with Crippen molar-refractivity contribution in [1.29, 1.82) is 0 Å². The number of nitrogens with two attached hydrogens (primary N) is 1. The molecule has 1 aliphatic rings. The van der Waals surface area contributed by atoms with Gasteiger partial charge in [-0.2, -0.15) is 0 Å². The second kappa shape index (κ2) is 20.5. The molecule has 7 N–H and O–H groups in total. The van der Waals surface area contributed by atoms with Crippen LogP contribution >= 0.6 is 0 Å². The number of urea groups is 1. The number of ether oxygens (including phenoxy) is 1. The maximum Gasteiger partial charge on any atom is 0.312 e. The number of nitrogens with one attached hydrogen (secondary N) is 5. The average Bonchev–Trinajstić information content (AvgIpc) is 3.44. The van der Waals surface area contributed by atoms with E-state index >= 15 is 0 Å². The lowest BCUT2D eigenvalue weighted by Crippen LogP contribution is -2.54.